The number of hydrogen-bond acceptors (Lipinski definition) is 8. The quantitative estimate of drug-likeness (QED) is 0.466. The van der Waals surface area contributed by atoms with Crippen molar-refractivity contribution in [3.63, 3.8) is 0 Å². The molecular weight excluding hydrogens is 294 g/mol. The number of hydroxylamine groups is 1. The largest absolute Gasteiger partial charge is 0.462 e. The van der Waals surface area contributed by atoms with Gasteiger partial charge in [0.15, 0.2) is 6.29 Å². The van der Waals surface area contributed by atoms with Gasteiger partial charge in [-0.1, -0.05) is 0 Å². The lowest BCUT2D eigenvalue weighted by Gasteiger charge is -2.43. The second-order valence-corrected chi connectivity index (χ2v) is 6.19. The summed E-state index contributed by atoms with van der Waals surface area (Å²) in [5, 5.41) is 19.6. The predicted molar refractivity (Wildman–Crippen MR) is 76.2 cm³/mol. The summed E-state index contributed by atoms with van der Waals surface area (Å²) < 4.78 is 21.4. The van der Waals surface area contributed by atoms with Crippen LogP contribution < -0.4 is 5.48 Å². The van der Waals surface area contributed by atoms with Crippen molar-refractivity contribution in [1.82, 2.24) is 5.48 Å². The molecule has 8 heteroatoms. The Labute approximate surface area is 130 Å². The third kappa shape index (κ3) is 4.61. The van der Waals surface area contributed by atoms with E-state index in [-0.39, 0.29) is 6.61 Å². The number of carbonyl (C=O) groups excluding carboxylic acids is 1. The first-order chi connectivity index (χ1) is 10.3. The fourth-order valence-corrected chi connectivity index (χ4v) is 2.15. The highest BCUT2D eigenvalue weighted by molar-refractivity contribution is 5.75. The van der Waals surface area contributed by atoms with Crippen LogP contribution in [-0.2, 0) is 23.7 Å². The van der Waals surface area contributed by atoms with Gasteiger partial charge in [-0.25, -0.2) is 0 Å². The topological polar surface area (TPSA) is 106 Å². The smallest absolute Gasteiger partial charge is 0.311 e. The van der Waals surface area contributed by atoms with Crippen LogP contribution in [0.1, 0.15) is 27.7 Å². The zero-order chi connectivity index (χ0) is 16.9. The van der Waals surface area contributed by atoms with Gasteiger partial charge in [0.05, 0.1) is 11.5 Å². The summed E-state index contributed by atoms with van der Waals surface area (Å²) in [4.78, 5) is 11.8. The predicted octanol–water partition coefficient (Wildman–Crippen LogP) is 0.0604. The fourth-order valence-electron chi connectivity index (χ4n) is 2.15. The number of rotatable bonds is 6. The molecule has 0 aromatic carbocycles. The van der Waals surface area contributed by atoms with E-state index in [0.717, 1.165) is 0 Å². The van der Waals surface area contributed by atoms with Crippen LogP contribution >= 0.6 is 0 Å². The average Bonchev–Trinajstić information content (AvgIpc) is 2.45. The van der Waals surface area contributed by atoms with Gasteiger partial charge in [-0.3, -0.25) is 4.79 Å². The second-order valence-electron chi connectivity index (χ2n) is 6.19. The number of methoxy groups -OCH3 is 1. The monoisotopic (exact) mass is 321 g/mol. The molecule has 8 nitrogen and oxygen atoms in total. The van der Waals surface area contributed by atoms with Crippen molar-refractivity contribution < 1.29 is 34.1 Å². The van der Waals surface area contributed by atoms with Crippen LogP contribution in [0.4, 0.5) is 0 Å². The summed E-state index contributed by atoms with van der Waals surface area (Å²) in [5.74, 6) is -0.405. The van der Waals surface area contributed by atoms with Crippen molar-refractivity contribution in [2.24, 2.45) is 5.41 Å². The van der Waals surface area contributed by atoms with E-state index in [1.807, 2.05) is 5.48 Å². The van der Waals surface area contributed by atoms with Gasteiger partial charge in [0.25, 0.3) is 0 Å². The molecule has 0 aliphatic carbocycles. The summed E-state index contributed by atoms with van der Waals surface area (Å²) in [5.41, 5.74) is 1.38. The van der Waals surface area contributed by atoms with Gasteiger partial charge < -0.3 is 29.3 Å². The molecule has 0 unspecified atom stereocenters. The maximum atomic E-state index is 11.8. The van der Waals surface area contributed by atoms with Gasteiger partial charge in [-0.2, -0.15) is 5.48 Å². The highest BCUT2D eigenvalue weighted by Crippen LogP contribution is 2.25. The van der Waals surface area contributed by atoms with Crippen LogP contribution in [0.3, 0.4) is 0 Å². The first-order valence-electron chi connectivity index (χ1n) is 7.31. The normalized spacial score (nSPS) is 32.8. The highest BCUT2D eigenvalue weighted by atomic mass is 16.7. The van der Waals surface area contributed by atoms with Crippen LogP contribution in [0.15, 0.2) is 0 Å². The molecule has 0 amide bonds. The van der Waals surface area contributed by atoms with Crippen molar-refractivity contribution >= 4 is 5.97 Å². The van der Waals surface area contributed by atoms with E-state index in [4.69, 9.17) is 18.9 Å². The lowest BCUT2D eigenvalue weighted by Crippen LogP contribution is -2.64. The summed E-state index contributed by atoms with van der Waals surface area (Å²) in [6, 6.07) is -0.822. The Morgan fingerprint density at radius 2 is 2.00 bits per heavy atom. The minimum atomic E-state index is -1.12. The Kier molecular flexibility index (Phi) is 7.17. The molecule has 0 saturated carbocycles. The van der Waals surface area contributed by atoms with Crippen molar-refractivity contribution in [2.75, 3.05) is 20.3 Å². The number of nitrogens with one attached hydrogen (secondary N) is 1. The second kappa shape index (κ2) is 8.19. The zero-order valence-electron chi connectivity index (χ0n) is 13.7. The molecule has 0 radical (unpaired) electrons. The number of aliphatic hydroxyl groups is 1. The van der Waals surface area contributed by atoms with Gasteiger partial charge >= 0.3 is 5.97 Å². The molecule has 22 heavy (non-hydrogen) atoms. The van der Waals surface area contributed by atoms with Crippen LogP contribution in [0, 0.1) is 5.41 Å². The molecule has 1 heterocycles. The molecule has 1 rings (SSSR count). The average molecular weight is 321 g/mol. The molecule has 5 atom stereocenters. The summed E-state index contributed by atoms with van der Waals surface area (Å²) in [6.07, 6.45) is -3.45. The number of aliphatic hydroxyl groups excluding tert-OH is 1. The van der Waals surface area contributed by atoms with Crippen LogP contribution in [0.25, 0.3) is 0 Å². The minimum absolute atomic E-state index is 0.145. The van der Waals surface area contributed by atoms with Gasteiger partial charge in [0.1, 0.15) is 24.9 Å². The number of hydrogen-bond donors (Lipinski definition) is 3. The molecule has 0 aromatic rings. The van der Waals surface area contributed by atoms with E-state index in [1.165, 1.54) is 7.11 Å². The van der Waals surface area contributed by atoms with E-state index in [1.54, 1.807) is 27.7 Å². The van der Waals surface area contributed by atoms with E-state index in [9.17, 15) is 15.1 Å². The molecule has 130 valence electrons. The molecule has 1 aliphatic rings. The molecule has 1 fully saturated rings. The molecular formula is C14H27NO7. The molecule has 3 N–H and O–H groups in total. The molecule has 0 spiro atoms. The van der Waals surface area contributed by atoms with Crippen LogP contribution in [-0.4, -0.2) is 67.3 Å². The maximum Gasteiger partial charge on any atom is 0.311 e. The van der Waals surface area contributed by atoms with E-state index < -0.39 is 42.0 Å². The van der Waals surface area contributed by atoms with E-state index >= 15 is 0 Å². The first-order valence-corrected chi connectivity index (χ1v) is 7.31. The Hall–Kier alpha value is -0.770. The Morgan fingerprint density at radius 1 is 1.36 bits per heavy atom. The van der Waals surface area contributed by atoms with Crippen molar-refractivity contribution in [2.45, 2.75) is 58.3 Å². The van der Waals surface area contributed by atoms with Gasteiger partial charge in [0, 0.05) is 13.7 Å². The minimum Gasteiger partial charge on any atom is -0.462 e. The van der Waals surface area contributed by atoms with Crippen molar-refractivity contribution in [1.29, 1.82) is 0 Å². The van der Waals surface area contributed by atoms with Crippen LogP contribution in [0.2, 0.25) is 0 Å². The highest BCUT2D eigenvalue weighted by Gasteiger charge is 2.46. The van der Waals surface area contributed by atoms with E-state index in [0.29, 0.717) is 6.61 Å². The maximum absolute atomic E-state index is 11.8. The lowest BCUT2D eigenvalue weighted by molar-refractivity contribution is -0.289. The standard InChI is InChI=1S/C14H27NO7/c1-6-20-11-9(15-18)10(16)8(22-12(11)19-5)7-21-13(17)14(2,3)4/h8-12,15-16,18H,6-7H2,1-5H3/t8-,9+,10-,11+,12+/m1/s1. The summed E-state index contributed by atoms with van der Waals surface area (Å²) >= 11 is 0. The first kappa shape index (κ1) is 19.3. The number of esters is 1. The third-order valence-corrected chi connectivity index (χ3v) is 3.41. The fraction of sp³-hybridized carbons (Fsp3) is 0.929. The number of ether oxygens (including phenoxy) is 4. The zero-order valence-corrected chi connectivity index (χ0v) is 13.7. The Morgan fingerprint density at radius 3 is 2.45 bits per heavy atom. The van der Waals surface area contributed by atoms with Crippen molar-refractivity contribution in [3.05, 3.63) is 0 Å². The lowest BCUT2D eigenvalue weighted by atomic mass is 9.96. The number of carbonyl (C=O) groups is 1. The van der Waals surface area contributed by atoms with Crippen molar-refractivity contribution in [3.8, 4) is 0 Å². The summed E-state index contributed by atoms with van der Waals surface area (Å²) in [6.45, 7) is 7.19. The van der Waals surface area contributed by atoms with Gasteiger partial charge in [0.2, 0.25) is 0 Å². The molecule has 1 aliphatic heterocycles. The molecule has 0 bridgehead atoms. The van der Waals surface area contributed by atoms with Gasteiger partial charge in [-0.15, -0.1) is 0 Å². The van der Waals surface area contributed by atoms with Crippen LogP contribution in [0.5, 0.6) is 0 Å². The third-order valence-electron chi connectivity index (χ3n) is 3.41. The SMILES string of the molecule is CCO[C@@H]1[C@@H](OC)O[C@H](COC(=O)C(C)(C)C)[C@@H](O)[C@@H]1NO. The Bertz CT molecular complexity index is 358. The Balaban J connectivity index is 2.74. The van der Waals surface area contributed by atoms with Gasteiger partial charge in [-0.05, 0) is 27.7 Å². The molecule has 0 aromatic heterocycles. The molecule has 1 saturated heterocycles. The summed E-state index contributed by atoms with van der Waals surface area (Å²) in [7, 11) is 1.43. The van der Waals surface area contributed by atoms with E-state index in [2.05, 4.69) is 0 Å².